The predicted molar refractivity (Wildman–Crippen MR) is 135 cm³/mol. The average Bonchev–Trinajstić information content (AvgIpc) is 2.86. The highest BCUT2D eigenvalue weighted by Gasteiger charge is 2.41. The van der Waals surface area contributed by atoms with Crippen LogP contribution in [0.25, 0.3) is 10.9 Å². The molecule has 6 nitrogen and oxygen atoms in total. The van der Waals surface area contributed by atoms with Gasteiger partial charge in [0.2, 0.25) is 0 Å². The number of benzene rings is 2. The maximum atomic E-state index is 14.8. The van der Waals surface area contributed by atoms with E-state index in [9.17, 15) is 23.8 Å². The van der Waals surface area contributed by atoms with Gasteiger partial charge in [-0.15, -0.1) is 0 Å². The first kappa shape index (κ1) is 25.5. The molecule has 1 saturated carbocycles. The number of aromatic nitrogens is 1. The molecule has 2 N–H and O–H groups in total. The molecule has 3 atom stereocenters. The molecule has 0 bridgehead atoms. The normalized spacial score (nSPS) is 25.0. The number of carbonyl (C=O) groups is 1. The van der Waals surface area contributed by atoms with Gasteiger partial charge in [-0.05, 0) is 86.4 Å². The Bertz CT molecular complexity index is 1280. The lowest BCUT2D eigenvalue weighted by atomic mass is 9.73. The minimum atomic E-state index is -1.08. The van der Waals surface area contributed by atoms with E-state index in [0.29, 0.717) is 48.0 Å². The van der Waals surface area contributed by atoms with Crippen LogP contribution in [0.1, 0.15) is 55.3 Å². The molecule has 2 heterocycles. The summed E-state index contributed by atoms with van der Waals surface area (Å²) >= 11 is 0. The number of likely N-dealkylation sites (tertiary alicyclic amines) is 1. The molecule has 37 heavy (non-hydrogen) atoms. The topological polar surface area (TPSA) is 82.9 Å². The van der Waals surface area contributed by atoms with Gasteiger partial charge in [0.15, 0.2) is 0 Å². The molecule has 0 amide bonds. The standard InChI is InChI=1S/C29H32F2N2O4/c1-37-22-6-7-26-23(14-22)28(25(31)15-32-26)27(34)8-5-17-9-10-33(16-24(17)29(35)36)21-12-19(13-21)18-3-2-4-20(30)11-18/h2-4,6-7,11,14-15,17,19,21,24,27,34H,5,8-10,12-13,16H2,1H3,(H,35,36)/t17-,19?,21?,24+,27+/m1/s1. The number of hydrogen-bond acceptors (Lipinski definition) is 5. The van der Waals surface area contributed by atoms with Gasteiger partial charge in [-0.1, -0.05) is 12.1 Å². The molecule has 8 heteroatoms. The minimum absolute atomic E-state index is 0.104. The molecule has 1 aliphatic carbocycles. The van der Waals surface area contributed by atoms with Gasteiger partial charge in [0, 0.05) is 23.5 Å². The van der Waals surface area contributed by atoms with Gasteiger partial charge in [-0.25, -0.2) is 8.78 Å². The Morgan fingerprint density at radius 2 is 2.03 bits per heavy atom. The number of piperidine rings is 1. The van der Waals surface area contributed by atoms with Gasteiger partial charge in [-0.2, -0.15) is 0 Å². The lowest BCUT2D eigenvalue weighted by molar-refractivity contribution is -0.147. The quantitative estimate of drug-likeness (QED) is 0.428. The van der Waals surface area contributed by atoms with Gasteiger partial charge >= 0.3 is 5.97 Å². The fourth-order valence-electron chi connectivity index (χ4n) is 6.05. The Kier molecular flexibility index (Phi) is 7.40. The first-order valence-corrected chi connectivity index (χ1v) is 12.9. The van der Waals surface area contributed by atoms with Crippen molar-refractivity contribution in [3.05, 3.63) is 71.4 Å². The number of methoxy groups -OCH3 is 1. The van der Waals surface area contributed by atoms with Crippen LogP contribution >= 0.6 is 0 Å². The van der Waals surface area contributed by atoms with Gasteiger partial charge in [0.1, 0.15) is 17.4 Å². The number of nitrogens with zero attached hydrogens (tertiary/aromatic N) is 2. The van der Waals surface area contributed by atoms with Crippen LogP contribution in [-0.2, 0) is 4.79 Å². The Balaban J connectivity index is 1.22. The summed E-state index contributed by atoms with van der Waals surface area (Å²) in [5, 5.41) is 21.4. The molecule has 0 spiro atoms. The number of halogens is 2. The Morgan fingerprint density at radius 3 is 2.76 bits per heavy atom. The second-order valence-electron chi connectivity index (χ2n) is 10.4. The monoisotopic (exact) mass is 510 g/mol. The first-order chi connectivity index (χ1) is 17.8. The second-order valence-corrected chi connectivity index (χ2v) is 10.4. The molecular weight excluding hydrogens is 478 g/mol. The smallest absolute Gasteiger partial charge is 0.308 e. The number of rotatable bonds is 8. The van der Waals surface area contributed by atoms with E-state index in [1.807, 2.05) is 6.07 Å². The lowest BCUT2D eigenvalue weighted by Gasteiger charge is -2.47. The van der Waals surface area contributed by atoms with Crippen LogP contribution in [0.15, 0.2) is 48.7 Å². The highest BCUT2D eigenvalue weighted by Crippen LogP contribution is 2.43. The summed E-state index contributed by atoms with van der Waals surface area (Å²) < 4.78 is 33.6. The van der Waals surface area contributed by atoms with Crippen LogP contribution < -0.4 is 4.74 Å². The van der Waals surface area contributed by atoms with Crippen LogP contribution in [0.2, 0.25) is 0 Å². The predicted octanol–water partition coefficient (Wildman–Crippen LogP) is 5.30. The Morgan fingerprint density at radius 1 is 1.22 bits per heavy atom. The van der Waals surface area contributed by atoms with E-state index in [0.717, 1.165) is 31.1 Å². The number of aliphatic hydroxyl groups excluding tert-OH is 1. The van der Waals surface area contributed by atoms with Gasteiger partial charge < -0.3 is 14.9 Å². The molecular formula is C29H32F2N2O4. The van der Waals surface area contributed by atoms with Crippen molar-refractivity contribution in [3.63, 3.8) is 0 Å². The number of carboxylic acids is 1. The zero-order valence-electron chi connectivity index (χ0n) is 20.8. The fraction of sp³-hybridized carbons (Fsp3) is 0.448. The van der Waals surface area contributed by atoms with Crippen molar-refractivity contribution in [2.24, 2.45) is 11.8 Å². The summed E-state index contributed by atoms with van der Waals surface area (Å²) in [6.45, 7) is 1.25. The molecule has 0 unspecified atom stereocenters. The molecule has 2 fully saturated rings. The van der Waals surface area contributed by atoms with E-state index >= 15 is 0 Å². The number of fused-ring (bicyclic) bond motifs is 1. The van der Waals surface area contributed by atoms with E-state index in [1.165, 1.54) is 13.2 Å². The molecule has 1 aromatic heterocycles. The van der Waals surface area contributed by atoms with Crippen LogP contribution in [0.4, 0.5) is 8.78 Å². The number of ether oxygens (including phenoxy) is 1. The van der Waals surface area contributed by atoms with E-state index in [2.05, 4.69) is 9.88 Å². The van der Waals surface area contributed by atoms with Gasteiger partial charge in [0.25, 0.3) is 0 Å². The summed E-state index contributed by atoms with van der Waals surface area (Å²) in [5.41, 5.74) is 1.74. The van der Waals surface area contributed by atoms with Crippen LogP contribution in [-0.4, -0.2) is 52.3 Å². The Hall–Kier alpha value is -3.10. The molecule has 1 aliphatic heterocycles. The zero-order chi connectivity index (χ0) is 26.1. The number of pyridine rings is 1. The minimum Gasteiger partial charge on any atom is -0.497 e. The van der Waals surface area contributed by atoms with Gasteiger partial charge in [0.05, 0.1) is 30.8 Å². The summed E-state index contributed by atoms with van der Waals surface area (Å²) in [6, 6.07) is 12.1. The molecule has 0 radical (unpaired) electrons. The molecule has 2 aliphatic rings. The number of aliphatic carboxylic acids is 1. The van der Waals surface area contributed by atoms with Crippen molar-refractivity contribution in [1.82, 2.24) is 9.88 Å². The number of carboxylic acid groups (broad SMARTS) is 1. The van der Waals surface area contributed by atoms with Crippen LogP contribution in [0.5, 0.6) is 5.75 Å². The molecule has 5 rings (SSSR count). The highest BCUT2D eigenvalue weighted by molar-refractivity contribution is 5.84. The van der Waals surface area contributed by atoms with Crippen LogP contribution in [0.3, 0.4) is 0 Å². The summed E-state index contributed by atoms with van der Waals surface area (Å²) in [7, 11) is 1.52. The lowest BCUT2D eigenvalue weighted by Crippen LogP contribution is -2.52. The first-order valence-electron chi connectivity index (χ1n) is 12.9. The van der Waals surface area contributed by atoms with Crippen LogP contribution in [0, 0.1) is 23.5 Å². The number of aliphatic hydroxyl groups is 1. The third kappa shape index (κ3) is 5.31. The van der Waals surface area contributed by atoms with Crippen molar-refractivity contribution >= 4 is 16.9 Å². The SMILES string of the molecule is COc1ccc2ncc(F)c([C@@H](O)CC[C@@H]3CCN(C4CC(c5cccc(F)c5)C4)C[C@@H]3C(=O)O)c2c1. The average molecular weight is 511 g/mol. The van der Waals surface area contributed by atoms with Crippen molar-refractivity contribution in [3.8, 4) is 5.75 Å². The Labute approximate surface area is 214 Å². The van der Waals surface area contributed by atoms with E-state index in [4.69, 9.17) is 4.74 Å². The highest BCUT2D eigenvalue weighted by atomic mass is 19.1. The van der Waals surface area contributed by atoms with Crippen molar-refractivity contribution < 1.29 is 28.5 Å². The van der Waals surface area contributed by atoms with Crippen molar-refractivity contribution in [1.29, 1.82) is 0 Å². The molecule has 2 aromatic carbocycles. The number of hydrogen-bond donors (Lipinski definition) is 2. The second kappa shape index (κ2) is 10.7. The molecule has 196 valence electrons. The van der Waals surface area contributed by atoms with Gasteiger partial charge in [-0.3, -0.25) is 14.7 Å². The van der Waals surface area contributed by atoms with Crippen molar-refractivity contribution in [2.75, 3.05) is 20.2 Å². The summed E-state index contributed by atoms with van der Waals surface area (Å²) in [5.74, 6) is -1.45. The van der Waals surface area contributed by atoms with E-state index in [1.54, 1.807) is 30.3 Å². The molecule has 1 saturated heterocycles. The fourth-order valence-corrected chi connectivity index (χ4v) is 6.05. The summed E-state index contributed by atoms with van der Waals surface area (Å²) in [6.07, 6.45) is 3.28. The van der Waals surface area contributed by atoms with E-state index < -0.39 is 23.8 Å². The third-order valence-corrected chi connectivity index (χ3v) is 8.27. The van der Waals surface area contributed by atoms with Crippen molar-refractivity contribution in [2.45, 2.75) is 50.2 Å². The maximum Gasteiger partial charge on any atom is 0.308 e. The third-order valence-electron chi connectivity index (χ3n) is 8.27. The van der Waals surface area contributed by atoms with E-state index in [-0.39, 0.29) is 23.7 Å². The summed E-state index contributed by atoms with van der Waals surface area (Å²) in [4.78, 5) is 18.5. The largest absolute Gasteiger partial charge is 0.497 e. The molecule has 3 aromatic rings. The zero-order valence-corrected chi connectivity index (χ0v) is 20.8. The maximum absolute atomic E-state index is 14.8.